The monoisotopic (exact) mass is 248 g/mol. The minimum Gasteiger partial charge on any atom is -0.397 e. The Labute approximate surface area is 105 Å². The van der Waals surface area contributed by atoms with Crippen LogP contribution >= 0.6 is 0 Å². The molecule has 2 heterocycles. The maximum Gasteiger partial charge on any atom is 0.144 e. The number of nitriles is 1. The molecular formula is C12H16N4O2. The highest BCUT2D eigenvalue weighted by Crippen LogP contribution is 2.26. The van der Waals surface area contributed by atoms with Gasteiger partial charge in [0.05, 0.1) is 29.6 Å². The van der Waals surface area contributed by atoms with Crippen LogP contribution in [0.15, 0.2) is 12.3 Å². The van der Waals surface area contributed by atoms with Gasteiger partial charge in [0.25, 0.3) is 0 Å². The fourth-order valence-corrected chi connectivity index (χ4v) is 2.00. The van der Waals surface area contributed by atoms with Crippen LogP contribution in [0.4, 0.5) is 11.5 Å². The summed E-state index contributed by atoms with van der Waals surface area (Å²) in [5.74, 6) is 0.461. The molecule has 1 aliphatic rings. The van der Waals surface area contributed by atoms with Gasteiger partial charge in [-0.15, -0.1) is 0 Å². The van der Waals surface area contributed by atoms with Gasteiger partial charge in [0.15, 0.2) is 0 Å². The third kappa shape index (κ3) is 2.53. The summed E-state index contributed by atoms with van der Waals surface area (Å²) in [6, 6.07) is 3.62. The van der Waals surface area contributed by atoms with Crippen molar-refractivity contribution in [3.05, 3.63) is 17.8 Å². The number of hydrogen-bond donors (Lipinski definition) is 3. The number of nitrogen functional groups attached to an aromatic ring is 1. The second-order valence-corrected chi connectivity index (χ2v) is 4.45. The number of nitrogens with zero attached hydrogens (tertiary/aromatic N) is 2. The molecule has 0 amide bonds. The predicted octanol–water partition coefficient (Wildman–Crippen LogP) is 0.489. The van der Waals surface area contributed by atoms with Crippen LogP contribution in [0, 0.1) is 11.3 Å². The summed E-state index contributed by atoms with van der Waals surface area (Å²) in [6.07, 6.45) is 2.86. The Kier molecular flexibility index (Phi) is 3.65. The van der Waals surface area contributed by atoms with E-state index in [1.54, 1.807) is 6.07 Å². The summed E-state index contributed by atoms with van der Waals surface area (Å²) in [5.41, 5.74) is 5.96. The van der Waals surface area contributed by atoms with Crippen molar-refractivity contribution < 1.29 is 9.84 Å². The Morgan fingerprint density at radius 2 is 2.28 bits per heavy atom. The molecular weight excluding hydrogens is 232 g/mol. The number of aromatic nitrogens is 1. The molecule has 96 valence electrons. The van der Waals surface area contributed by atoms with Crippen molar-refractivity contribution >= 4 is 11.5 Å². The third-order valence-electron chi connectivity index (χ3n) is 3.17. The van der Waals surface area contributed by atoms with Crippen LogP contribution in [0.5, 0.6) is 0 Å². The minimum atomic E-state index is -0.465. The molecule has 18 heavy (non-hydrogen) atoms. The van der Waals surface area contributed by atoms with E-state index in [1.807, 2.05) is 6.07 Å². The number of nitrogens with two attached hydrogens (primary N) is 1. The van der Waals surface area contributed by atoms with Crippen molar-refractivity contribution in [2.24, 2.45) is 0 Å². The first-order valence-corrected chi connectivity index (χ1v) is 5.81. The van der Waals surface area contributed by atoms with Crippen molar-refractivity contribution in [3.63, 3.8) is 0 Å². The van der Waals surface area contributed by atoms with Crippen molar-refractivity contribution in [1.82, 2.24) is 4.98 Å². The maximum absolute atomic E-state index is 9.57. The Morgan fingerprint density at radius 3 is 2.89 bits per heavy atom. The van der Waals surface area contributed by atoms with Gasteiger partial charge in [-0.25, -0.2) is 4.98 Å². The van der Waals surface area contributed by atoms with E-state index in [0.717, 1.165) is 0 Å². The van der Waals surface area contributed by atoms with E-state index >= 15 is 0 Å². The van der Waals surface area contributed by atoms with Gasteiger partial charge in [0, 0.05) is 13.2 Å². The maximum atomic E-state index is 9.57. The van der Waals surface area contributed by atoms with Crippen molar-refractivity contribution in [3.8, 4) is 6.07 Å². The van der Waals surface area contributed by atoms with Crippen LogP contribution < -0.4 is 11.1 Å². The van der Waals surface area contributed by atoms with Crippen LogP contribution in [-0.2, 0) is 4.74 Å². The average molecular weight is 248 g/mol. The molecule has 1 aromatic rings. The van der Waals surface area contributed by atoms with Gasteiger partial charge in [-0.05, 0) is 18.9 Å². The van der Waals surface area contributed by atoms with Gasteiger partial charge in [-0.1, -0.05) is 0 Å². The predicted molar refractivity (Wildman–Crippen MR) is 66.9 cm³/mol. The first-order chi connectivity index (χ1) is 8.69. The number of aliphatic hydroxyl groups is 1. The van der Waals surface area contributed by atoms with Crippen LogP contribution in [0.2, 0.25) is 0 Å². The summed E-state index contributed by atoms with van der Waals surface area (Å²) in [4.78, 5) is 4.13. The number of anilines is 2. The van der Waals surface area contributed by atoms with E-state index in [-0.39, 0.29) is 6.61 Å². The normalized spacial score (nSPS) is 18.0. The fraction of sp³-hybridized carbons (Fsp3) is 0.500. The molecule has 1 fully saturated rings. The van der Waals surface area contributed by atoms with Gasteiger partial charge in [0.2, 0.25) is 0 Å². The zero-order valence-corrected chi connectivity index (χ0v) is 10.0. The lowest BCUT2D eigenvalue weighted by molar-refractivity contribution is 0.0378. The summed E-state index contributed by atoms with van der Waals surface area (Å²) >= 11 is 0. The smallest absolute Gasteiger partial charge is 0.144 e. The third-order valence-corrected chi connectivity index (χ3v) is 3.17. The van der Waals surface area contributed by atoms with E-state index in [9.17, 15) is 5.11 Å². The molecule has 0 aromatic carbocycles. The standard InChI is InChI=1S/C12H16N4O2/c13-6-9-5-10(14)7-15-11(9)16-12(8-17)1-3-18-4-2-12/h5,7,17H,1-4,8,14H2,(H,15,16). The van der Waals surface area contributed by atoms with E-state index in [0.29, 0.717) is 43.1 Å². The Bertz CT molecular complexity index is 464. The Morgan fingerprint density at radius 1 is 1.56 bits per heavy atom. The molecule has 0 aliphatic carbocycles. The van der Waals surface area contributed by atoms with Crippen molar-refractivity contribution in [1.29, 1.82) is 5.26 Å². The van der Waals surface area contributed by atoms with Crippen LogP contribution in [0.1, 0.15) is 18.4 Å². The lowest BCUT2D eigenvalue weighted by Gasteiger charge is -2.36. The highest BCUT2D eigenvalue weighted by molar-refractivity contribution is 5.58. The topological polar surface area (TPSA) is 104 Å². The Balaban J connectivity index is 2.24. The van der Waals surface area contributed by atoms with Crippen molar-refractivity contribution in [2.45, 2.75) is 18.4 Å². The molecule has 4 N–H and O–H groups in total. The van der Waals surface area contributed by atoms with E-state index in [2.05, 4.69) is 10.3 Å². The molecule has 2 rings (SSSR count). The molecule has 0 bridgehead atoms. The van der Waals surface area contributed by atoms with E-state index < -0.39 is 5.54 Å². The second-order valence-electron chi connectivity index (χ2n) is 4.45. The number of hydrogen-bond acceptors (Lipinski definition) is 6. The molecule has 6 nitrogen and oxygen atoms in total. The van der Waals surface area contributed by atoms with Gasteiger partial charge in [-0.2, -0.15) is 5.26 Å². The van der Waals surface area contributed by atoms with Crippen LogP contribution in [-0.4, -0.2) is 35.5 Å². The largest absolute Gasteiger partial charge is 0.397 e. The highest BCUT2D eigenvalue weighted by Gasteiger charge is 2.32. The quantitative estimate of drug-likeness (QED) is 0.719. The molecule has 0 saturated carbocycles. The highest BCUT2D eigenvalue weighted by atomic mass is 16.5. The number of ether oxygens (including phenoxy) is 1. The zero-order valence-electron chi connectivity index (χ0n) is 10.0. The number of aliphatic hydroxyl groups excluding tert-OH is 1. The van der Waals surface area contributed by atoms with Gasteiger partial charge >= 0.3 is 0 Å². The van der Waals surface area contributed by atoms with Crippen molar-refractivity contribution in [2.75, 3.05) is 30.9 Å². The summed E-state index contributed by atoms with van der Waals surface area (Å²) in [5, 5.41) is 21.8. The molecule has 1 saturated heterocycles. The molecule has 1 aromatic heterocycles. The first-order valence-electron chi connectivity index (χ1n) is 5.81. The summed E-state index contributed by atoms with van der Waals surface area (Å²) < 4.78 is 5.28. The number of nitrogens with one attached hydrogen (secondary N) is 1. The number of rotatable bonds is 3. The van der Waals surface area contributed by atoms with Gasteiger partial charge in [0.1, 0.15) is 11.9 Å². The van der Waals surface area contributed by atoms with Crippen LogP contribution in [0.3, 0.4) is 0 Å². The van der Waals surface area contributed by atoms with E-state index in [4.69, 9.17) is 15.7 Å². The molecule has 0 atom stereocenters. The molecule has 6 heteroatoms. The summed E-state index contributed by atoms with van der Waals surface area (Å²) in [6.45, 7) is 1.15. The van der Waals surface area contributed by atoms with Crippen LogP contribution in [0.25, 0.3) is 0 Å². The second kappa shape index (κ2) is 5.21. The molecule has 0 spiro atoms. The SMILES string of the molecule is N#Cc1cc(N)cnc1NC1(CO)CCOCC1. The Hall–Kier alpha value is -1.84. The zero-order chi connectivity index (χ0) is 13.0. The van der Waals surface area contributed by atoms with E-state index in [1.165, 1.54) is 6.20 Å². The lowest BCUT2D eigenvalue weighted by atomic mass is 9.91. The minimum absolute atomic E-state index is 0.0206. The molecule has 1 aliphatic heterocycles. The fourth-order valence-electron chi connectivity index (χ4n) is 2.00. The first kappa shape index (κ1) is 12.6. The average Bonchev–Trinajstić information content (AvgIpc) is 2.42. The number of pyridine rings is 1. The summed E-state index contributed by atoms with van der Waals surface area (Å²) in [7, 11) is 0. The molecule has 0 unspecified atom stereocenters. The van der Waals surface area contributed by atoms with Gasteiger partial charge in [-0.3, -0.25) is 0 Å². The molecule has 0 radical (unpaired) electrons. The van der Waals surface area contributed by atoms with Gasteiger partial charge < -0.3 is 20.9 Å². The lowest BCUT2D eigenvalue weighted by Crippen LogP contribution is -2.47.